The van der Waals surface area contributed by atoms with Gasteiger partial charge in [0.25, 0.3) is 0 Å². The SMILES string of the molecule is CN(CC#N)C1CCCN(CCc2ccccc2)C1. The molecule has 3 heteroatoms. The highest BCUT2D eigenvalue weighted by Gasteiger charge is 2.22. The minimum Gasteiger partial charge on any atom is -0.301 e. The van der Waals surface area contributed by atoms with Crippen LogP contribution in [0.1, 0.15) is 18.4 Å². The molecule has 1 fully saturated rings. The number of piperidine rings is 1. The number of hydrogen-bond donors (Lipinski definition) is 0. The third-order valence-corrected chi connectivity index (χ3v) is 3.98. The first-order valence-electron chi connectivity index (χ1n) is 7.13. The fourth-order valence-electron chi connectivity index (χ4n) is 2.77. The molecule has 1 heterocycles. The second-order valence-corrected chi connectivity index (χ2v) is 5.41. The maximum Gasteiger partial charge on any atom is 0.0866 e. The summed E-state index contributed by atoms with van der Waals surface area (Å²) in [6.45, 7) is 3.97. The van der Waals surface area contributed by atoms with E-state index in [9.17, 15) is 0 Å². The molecule has 1 aromatic carbocycles. The lowest BCUT2D eigenvalue weighted by molar-refractivity contribution is 0.126. The molecule has 0 aliphatic carbocycles. The summed E-state index contributed by atoms with van der Waals surface area (Å²) in [6.07, 6.45) is 3.59. The monoisotopic (exact) mass is 257 g/mol. The third-order valence-electron chi connectivity index (χ3n) is 3.98. The molecule has 0 bridgehead atoms. The van der Waals surface area contributed by atoms with Gasteiger partial charge in [-0.15, -0.1) is 0 Å². The fourth-order valence-corrected chi connectivity index (χ4v) is 2.77. The summed E-state index contributed by atoms with van der Waals surface area (Å²) < 4.78 is 0. The van der Waals surface area contributed by atoms with E-state index < -0.39 is 0 Å². The molecule has 1 aromatic rings. The minimum absolute atomic E-state index is 0.539. The summed E-state index contributed by atoms with van der Waals surface area (Å²) in [7, 11) is 2.06. The molecule has 0 saturated carbocycles. The van der Waals surface area contributed by atoms with Gasteiger partial charge in [0.15, 0.2) is 0 Å². The predicted molar refractivity (Wildman–Crippen MR) is 77.9 cm³/mol. The Bertz CT molecular complexity index is 410. The van der Waals surface area contributed by atoms with E-state index in [1.165, 1.54) is 24.9 Å². The summed E-state index contributed by atoms with van der Waals surface area (Å²) in [6, 6.07) is 13.5. The Hall–Kier alpha value is -1.37. The van der Waals surface area contributed by atoms with Crippen molar-refractivity contribution in [1.82, 2.24) is 9.80 Å². The van der Waals surface area contributed by atoms with Crippen molar-refractivity contribution in [2.45, 2.75) is 25.3 Å². The summed E-state index contributed by atoms with van der Waals surface area (Å²) in [5.74, 6) is 0. The van der Waals surface area contributed by atoms with Gasteiger partial charge in [-0.3, -0.25) is 4.90 Å². The molecule has 1 saturated heterocycles. The molecule has 1 aliphatic heterocycles. The smallest absolute Gasteiger partial charge is 0.0866 e. The topological polar surface area (TPSA) is 30.3 Å². The average Bonchev–Trinajstić information content (AvgIpc) is 2.47. The highest BCUT2D eigenvalue weighted by Crippen LogP contribution is 2.15. The first-order chi connectivity index (χ1) is 9.29. The van der Waals surface area contributed by atoms with Crippen LogP contribution in [0, 0.1) is 11.3 Å². The highest BCUT2D eigenvalue weighted by molar-refractivity contribution is 5.14. The summed E-state index contributed by atoms with van der Waals surface area (Å²) in [5.41, 5.74) is 1.41. The predicted octanol–water partition coefficient (Wildman–Crippen LogP) is 2.15. The van der Waals surface area contributed by atoms with Crippen LogP contribution in [0.2, 0.25) is 0 Å². The molecule has 3 nitrogen and oxygen atoms in total. The van der Waals surface area contributed by atoms with Gasteiger partial charge in [-0.2, -0.15) is 5.26 Å². The Morgan fingerprint density at radius 3 is 2.89 bits per heavy atom. The lowest BCUT2D eigenvalue weighted by atomic mass is 10.0. The summed E-state index contributed by atoms with van der Waals surface area (Å²) >= 11 is 0. The molecule has 1 atom stereocenters. The van der Waals surface area contributed by atoms with Crippen LogP contribution in [-0.4, -0.2) is 49.1 Å². The largest absolute Gasteiger partial charge is 0.301 e. The number of nitriles is 1. The molecular formula is C16H23N3. The Morgan fingerprint density at radius 2 is 2.16 bits per heavy atom. The molecule has 0 N–H and O–H groups in total. The van der Waals surface area contributed by atoms with Crippen LogP contribution in [0.5, 0.6) is 0 Å². The van der Waals surface area contributed by atoms with Crippen molar-refractivity contribution in [3.8, 4) is 6.07 Å². The molecule has 0 amide bonds. The second kappa shape index (κ2) is 7.28. The van der Waals surface area contributed by atoms with E-state index in [2.05, 4.69) is 53.2 Å². The first kappa shape index (κ1) is 14.0. The zero-order valence-electron chi connectivity index (χ0n) is 11.8. The Kier molecular flexibility index (Phi) is 5.38. The Morgan fingerprint density at radius 1 is 1.37 bits per heavy atom. The van der Waals surface area contributed by atoms with Crippen LogP contribution in [-0.2, 0) is 6.42 Å². The van der Waals surface area contributed by atoms with E-state index in [-0.39, 0.29) is 0 Å². The second-order valence-electron chi connectivity index (χ2n) is 5.41. The van der Waals surface area contributed by atoms with Crippen molar-refractivity contribution in [3.05, 3.63) is 35.9 Å². The van der Waals surface area contributed by atoms with Gasteiger partial charge in [0.2, 0.25) is 0 Å². The summed E-state index contributed by atoms with van der Waals surface area (Å²) in [4.78, 5) is 4.73. The number of nitrogens with zero attached hydrogens (tertiary/aromatic N) is 3. The fraction of sp³-hybridized carbons (Fsp3) is 0.562. The lowest BCUT2D eigenvalue weighted by Crippen LogP contribution is -2.47. The van der Waals surface area contributed by atoms with Crippen LogP contribution in [0.25, 0.3) is 0 Å². The number of hydrogen-bond acceptors (Lipinski definition) is 3. The minimum atomic E-state index is 0.539. The van der Waals surface area contributed by atoms with Crippen molar-refractivity contribution in [2.75, 3.05) is 33.2 Å². The zero-order valence-corrected chi connectivity index (χ0v) is 11.8. The van der Waals surface area contributed by atoms with E-state index in [1.54, 1.807) is 0 Å². The molecule has 102 valence electrons. The molecule has 0 spiro atoms. The van der Waals surface area contributed by atoms with Crippen molar-refractivity contribution < 1.29 is 0 Å². The van der Waals surface area contributed by atoms with Crippen molar-refractivity contribution in [1.29, 1.82) is 5.26 Å². The molecular weight excluding hydrogens is 234 g/mol. The van der Waals surface area contributed by atoms with Crippen LogP contribution in [0.3, 0.4) is 0 Å². The van der Waals surface area contributed by atoms with E-state index in [1.807, 2.05) is 0 Å². The van der Waals surface area contributed by atoms with E-state index in [0.717, 1.165) is 19.5 Å². The normalized spacial score (nSPS) is 20.4. The van der Waals surface area contributed by atoms with Gasteiger partial charge >= 0.3 is 0 Å². The Labute approximate surface area is 116 Å². The van der Waals surface area contributed by atoms with Crippen molar-refractivity contribution >= 4 is 0 Å². The van der Waals surface area contributed by atoms with E-state index in [4.69, 9.17) is 5.26 Å². The molecule has 1 aliphatic rings. The molecule has 1 unspecified atom stereocenters. The maximum atomic E-state index is 8.78. The number of likely N-dealkylation sites (N-methyl/N-ethyl adjacent to an activating group) is 1. The van der Waals surface area contributed by atoms with Gasteiger partial charge in [-0.25, -0.2) is 0 Å². The van der Waals surface area contributed by atoms with Crippen LogP contribution in [0.4, 0.5) is 0 Å². The van der Waals surface area contributed by atoms with Crippen LogP contribution >= 0.6 is 0 Å². The van der Waals surface area contributed by atoms with Crippen LogP contribution < -0.4 is 0 Å². The highest BCUT2D eigenvalue weighted by atomic mass is 15.2. The number of rotatable bonds is 5. The van der Waals surface area contributed by atoms with Gasteiger partial charge in [0.05, 0.1) is 12.6 Å². The third kappa shape index (κ3) is 4.34. The maximum absolute atomic E-state index is 8.78. The average molecular weight is 257 g/mol. The first-order valence-corrected chi connectivity index (χ1v) is 7.13. The van der Waals surface area contributed by atoms with Gasteiger partial charge in [0, 0.05) is 19.1 Å². The van der Waals surface area contributed by atoms with Crippen LogP contribution in [0.15, 0.2) is 30.3 Å². The van der Waals surface area contributed by atoms with Crippen molar-refractivity contribution in [2.24, 2.45) is 0 Å². The molecule has 19 heavy (non-hydrogen) atoms. The molecule has 2 rings (SSSR count). The van der Waals surface area contributed by atoms with Gasteiger partial charge < -0.3 is 4.90 Å². The van der Waals surface area contributed by atoms with E-state index >= 15 is 0 Å². The summed E-state index contributed by atoms with van der Waals surface area (Å²) in [5, 5.41) is 8.78. The lowest BCUT2D eigenvalue weighted by Gasteiger charge is -2.36. The van der Waals surface area contributed by atoms with Gasteiger partial charge in [-0.1, -0.05) is 30.3 Å². The Balaban J connectivity index is 1.80. The number of benzene rings is 1. The van der Waals surface area contributed by atoms with Gasteiger partial charge in [-0.05, 0) is 38.4 Å². The van der Waals surface area contributed by atoms with Gasteiger partial charge in [0.1, 0.15) is 0 Å². The zero-order chi connectivity index (χ0) is 13.5. The van der Waals surface area contributed by atoms with Crippen molar-refractivity contribution in [3.63, 3.8) is 0 Å². The quantitative estimate of drug-likeness (QED) is 0.757. The number of likely N-dealkylation sites (tertiary alicyclic amines) is 1. The molecule has 0 radical (unpaired) electrons. The van der Waals surface area contributed by atoms with E-state index in [0.29, 0.717) is 12.6 Å². The standard InChI is InChI=1S/C16H23N3/c1-18(13-10-17)16-8-5-11-19(14-16)12-9-15-6-3-2-4-7-15/h2-4,6-7,16H,5,8-9,11-14H2,1H3. The molecule has 0 aromatic heterocycles.